The number of halogens is 2. The topological polar surface area (TPSA) is 38.9 Å². The van der Waals surface area contributed by atoms with Crippen molar-refractivity contribution in [1.29, 1.82) is 0 Å². The molecular formula is C11H8Cl2N2. The van der Waals surface area contributed by atoms with E-state index < -0.39 is 0 Å². The summed E-state index contributed by atoms with van der Waals surface area (Å²) in [4.78, 5) is 4.01. The van der Waals surface area contributed by atoms with Crippen molar-refractivity contribution in [2.75, 3.05) is 5.73 Å². The Hall–Kier alpha value is -1.25. The lowest BCUT2D eigenvalue weighted by atomic mass is 10.1. The van der Waals surface area contributed by atoms with Crippen molar-refractivity contribution in [2.45, 2.75) is 0 Å². The van der Waals surface area contributed by atoms with Crippen LogP contribution in [0.3, 0.4) is 0 Å². The summed E-state index contributed by atoms with van der Waals surface area (Å²) in [6, 6.07) is 8.96. The SMILES string of the molecule is Nc1ccc(-c2ccc(Cl)cc2Cl)cn1. The van der Waals surface area contributed by atoms with Crippen molar-refractivity contribution in [3.05, 3.63) is 46.6 Å². The number of hydrogen-bond donors (Lipinski definition) is 1. The van der Waals surface area contributed by atoms with Gasteiger partial charge in [0.25, 0.3) is 0 Å². The minimum atomic E-state index is 0.490. The molecule has 1 aromatic heterocycles. The van der Waals surface area contributed by atoms with Crippen molar-refractivity contribution < 1.29 is 0 Å². The van der Waals surface area contributed by atoms with Gasteiger partial charge in [-0.2, -0.15) is 0 Å². The van der Waals surface area contributed by atoms with Gasteiger partial charge in [0, 0.05) is 27.4 Å². The van der Waals surface area contributed by atoms with Crippen LogP contribution in [0.4, 0.5) is 5.82 Å². The fraction of sp³-hybridized carbons (Fsp3) is 0. The third kappa shape index (κ3) is 2.22. The number of nitrogens with zero attached hydrogens (tertiary/aromatic N) is 1. The molecule has 0 aliphatic heterocycles. The Labute approximate surface area is 97.7 Å². The smallest absolute Gasteiger partial charge is 0.123 e. The number of pyridine rings is 1. The molecule has 2 N–H and O–H groups in total. The highest BCUT2D eigenvalue weighted by Crippen LogP contribution is 2.29. The third-order valence-electron chi connectivity index (χ3n) is 2.03. The molecule has 0 aliphatic rings. The molecule has 4 heteroatoms. The van der Waals surface area contributed by atoms with E-state index >= 15 is 0 Å². The Kier molecular flexibility index (Phi) is 2.80. The van der Waals surface area contributed by atoms with Crippen molar-refractivity contribution in [3.63, 3.8) is 0 Å². The van der Waals surface area contributed by atoms with Crippen LogP contribution in [-0.4, -0.2) is 4.98 Å². The molecule has 2 rings (SSSR count). The summed E-state index contributed by atoms with van der Waals surface area (Å²) in [6.45, 7) is 0. The van der Waals surface area contributed by atoms with Crippen LogP contribution in [0.5, 0.6) is 0 Å². The highest BCUT2D eigenvalue weighted by Gasteiger charge is 2.04. The first-order valence-electron chi connectivity index (χ1n) is 4.34. The molecule has 0 unspecified atom stereocenters. The average molecular weight is 239 g/mol. The Morgan fingerprint density at radius 2 is 1.87 bits per heavy atom. The zero-order valence-electron chi connectivity index (χ0n) is 7.74. The molecular weight excluding hydrogens is 231 g/mol. The largest absolute Gasteiger partial charge is 0.384 e. The minimum Gasteiger partial charge on any atom is -0.384 e. The van der Waals surface area contributed by atoms with Crippen molar-refractivity contribution in [2.24, 2.45) is 0 Å². The van der Waals surface area contributed by atoms with Crippen LogP contribution in [-0.2, 0) is 0 Å². The molecule has 0 saturated heterocycles. The van der Waals surface area contributed by atoms with E-state index in [9.17, 15) is 0 Å². The summed E-state index contributed by atoms with van der Waals surface area (Å²) in [5.74, 6) is 0.490. The van der Waals surface area contributed by atoms with Gasteiger partial charge in [-0.05, 0) is 24.3 Å². The molecule has 1 heterocycles. The van der Waals surface area contributed by atoms with E-state index in [4.69, 9.17) is 28.9 Å². The van der Waals surface area contributed by atoms with Crippen molar-refractivity contribution in [1.82, 2.24) is 4.98 Å². The highest BCUT2D eigenvalue weighted by molar-refractivity contribution is 6.36. The van der Waals surface area contributed by atoms with E-state index in [0.717, 1.165) is 11.1 Å². The van der Waals surface area contributed by atoms with Gasteiger partial charge in [-0.3, -0.25) is 0 Å². The molecule has 0 spiro atoms. The van der Waals surface area contributed by atoms with E-state index in [0.29, 0.717) is 15.9 Å². The number of aromatic nitrogens is 1. The fourth-order valence-electron chi connectivity index (χ4n) is 1.29. The van der Waals surface area contributed by atoms with Gasteiger partial charge in [0.1, 0.15) is 5.82 Å². The van der Waals surface area contributed by atoms with Crippen molar-refractivity contribution in [3.8, 4) is 11.1 Å². The molecule has 0 atom stereocenters. The predicted molar refractivity (Wildman–Crippen MR) is 64.1 cm³/mol. The predicted octanol–water partition coefficient (Wildman–Crippen LogP) is 3.64. The van der Waals surface area contributed by atoms with E-state index in [1.54, 1.807) is 24.4 Å². The second-order valence-corrected chi connectivity index (χ2v) is 3.94. The Morgan fingerprint density at radius 1 is 1.07 bits per heavy atom. The summed E-state index contributed by atoms with van der Waals surface area (Å²) in [5.41, 5.74) is 7.32. The van der Waals surface area contributed by atoms with Gasteiger partial charge < -0.3 is 5.73 Å². The lowest BCUT2D eigenvalue weighted by molar-refractivity contribution is 1.34. The normalized spacial score (nSPS) is 10.3. The van der Waals surface area contributed by atoms with Gasteiger partial charge in [0.15, 0.2) is 0 Å². The van der Waals surface area contributed by atoms with Crippen LogP contribution >= 0.6 is 23.2 Å². The van der Waals surface area contributed by atoms with E-state index in [-0.39, 0.29) is 0 Å². The summed E-state index contributed by atoms with van der Waals surface area (Å²) < 4.78 is 0. The molecule has 0 saturated carbocycles. The van der Waals surface area contributed by atoms with Gasteiger partial charge in [0.05, 0.1) is 0 Å². The molecule has 1 aromatic carbocycles. The summed E-state index contributed by atoms with van der Waals surface area (Å²) in [7, 11) is 0. The summed E-state index contributed by atoms with van der Waals surface area (Å²) in [5, 5.41) is 1.22. The molecule has 0 radical (unpaired) electrons. The second kappa shape index (κ2) is 4.09. The number of benzene rings is 1. The summed E-state index contributed by atoms with van der Waals surface area (Å²) in [6.07, 6.45) is 1.68. The quantitative estimate of drug-likeness (QED) is 0.825. The number of nitrogen functional groups attached to an aromatic ring is 1. The Bertz CT molecular complexity index is 480. The second-order valence-electron chi connectivity index (χ2n) is 3.10. The van der Waals surface area contributed by atoms with Gasteiger partial charge in [-0.25, -0.2) is 4.98 Å². The van der Waals surface area contributed by atoms with Gasteiger partial charge in [-0.15, -0.1) is 0 Å². The molecule has 15 heavy (non-hydrogen) atoms. The maximum atomic E-state index is 6.06. The van der Waals surface area contributed by atoms with Crippen LogP contribution in [0, 0.1) is 0 Å². The Morgan fingerprint density at radius 3 is 2.47 bits per heavy atom. The molecule has 0 fully saturated rings. The Balaban J connectivity index is 2.49. The van der Waals surface area contributed by atoms with Crippen LogP contribution in [0.2, 0.25) is 10.0 Å². The van der Waals surface area contributed by atoms with Crippen LogP contribution in [0.25, 0.3) is 11.1 Å². The van der Waals surface area contributed by atoms with Crippen LogP contribution in [0.1, 0.15) is 0 Å². The number of anilines is 1. The fourth-order valence-corrected chi connectivity index (χ4v) is 1.81. The monoisotopic (exact) mass is 238 g/mol. The van der Waals surface area contributed by atoms with E-state index in [1.807, 2.05) is 12.1 Å². The third-order valence-corrected chi connectivity index (χ3v) is 2.58. The first-order chi connectivity index (χ1) is 7.16. The lowest BCUT2D eigenvalue weighted by Crippen LogP contribution is -1.89. The van der Waals surface area contributed by atoms with Crippen molar-refractivity contribution >= 4 is 29.0 Å². The first-order valence-corrected chi connectivity index (χ1v) is 5.09. The zero-order valence-corrected chi connectivity index (χ0v) is 9.26. The number of nitrogens with two attached hydrogens (primary N) is 1. The standard InChI is InChI=1S/C11H8Cl2N2/c12-8-2-3-9(10(13)5-8)7-1-4-11(14)15-6-7/h1-6H,(H2,14,15). The van der Waals surface area contributed by atoms with E-state index in [1.165, 1.54) is 0 Å². The molecule has 0 bridgehead atoms. The number of rotatable bonds is 1. The van der Waals surface area contributed by atoms with Crippen LogP contribution < -0.4 is 5.73 Å². The van der Waals surface area contributed by atoms with Gasteiger partial charge in [0.2, 0.25) is 0 Å². The van der Waals surface area contributed by atoms with Crippen LogP contribution in [0.15, 0.2) is 36.5 Å². The number of hydrogen-bond acceptors (Lipinski definition) is 2. The highest BCUT2D eigenvalue weighted by atomic mass is 35.5. The maximum Gasteiger partial charge on any atom is 0.123 e. The molecule has 0 amide bonds. The maximum absolute atomic E-state index is 6.06. The first kappa shape index (κ1) is 10.3. The average Bonchev–Trinajstić information content (AvgIpc) is 2.20. The lowest BCUT2D eigenvalue weighted by Gasteiger charge is -2.04. The minimum absolute atomic E-state index is 0.490. The molecule has 0 aliphatic carbocycles. The molecule has 76 valence electrons. The zero-order chi connectivity index (χ0) is 10.8. The molecule has 2 nitrogen and oxygen atoms in total. The summed E-state index contributed by atoms with van der Waals surface area (Å²) >= 11 is 11.9. The van der Waals surface area contributed by atoms with Gasteiger partial charge in [-0.1, -0.05) is 29.3 Å². The van der Waals surface area contributed by atoms with E-state index in [2.05, 4.69) is 4.98 Å². The van der Waals surface area contributed by atoms with Gasteiger partial charge >= 0.3 is 0 Å². The molecule has 2 aromatic rings.